The Bertz CT molecular complexity index is 431. The van der Waals surface area contributed by atoms with E-state index in [1.54, 1.807) is 0 Å². The van der Waals surface area contributed by atoms with E-state index in [9.17, 15) is 0 Å². The standard InChI is InChI=1S/C15H20ClNO/c1-10-8-12(16)2-5-14(10)15-11(6-7-18-15)9-17-13-3-4-13/h2,5,8,11,13,15,17H,3-4,6-7,9H2,1H3. The van der Waals surface area contributed by atoms with Gasteiger partial charge in [0, 0.05) is 30.1 Å². The second-order valence-corrected chi connectivity index (χ2v) is 5.96. The lowest BCUT2D eigenvalue weighted by Crippen LogP contribution is -2.26. The highest BCUT2D eigenvalue weighted by molar-refractivity contribution is 6.30. The summed E-state index contributed by atoms with van der Waals surface area (Å²) in [5.41, 5.74) is 2.55. The van der Waals surface area contributed by atoms with Crippen LogP contribution in [0.3, 0.4) is 0 Å². The Balaban J connectivity index is 1.72. The second-order valence-electron chi connectivity index (χ2n) is 5.52. The molecular weight excluding hydrogens is 246 g/mol. The summed E-state index contributed by atoms with van der Waals surface area (Å²) in [5, 5.41) is 4.43. The van der Waals surface area contributed by atoms with Crippen molar-refractivity contribution in [2.75, 3.05) is 13.2 Å². The third-order valence-corrected chi connectivity index (χ3v) is 4.23. The van der Waals surface area contributed by atoms with Gasteiger partial charge in [0.25, 0.3) is 0 Å². The van der Waals surface area contributed by atoms with Crippen LogP contribution in [-0.2, 0) is 4.74 Å². The zero-order valence-electron chi connectivity index (χ0n) is 10.8. The average molecular weight is 266 g/mol. The molecule has 0 spiro atoms. The monoisotopic (exact) mass is 265 g/mol. The van der Waals surface area contributed by atoms with E-state index in [1.807, 2.05) is 12.1 Å². The van der Waals surface area contributed by atoms with Gasteiger partial charge in [0.15, 0.2) is 0 Å². The van der Waals surface area contributed by atoms with E-state index >= 15 is 0 Å². The van der Waals surface area contributed by atoms with E-state index < -0.39 is 0 Å². The van der Waals surface area contributed by atoms with Crippen LogP contribution in [0.4, 0.5) is 0 Å². The van der Waals surface area contributed by atoms with Crippen molar-refractivity contribution in [3.05, 3.63) is 34.3 Å². The van der Waals surface area contributed by atoms with Gasteiger partial charge in [0.2, 0.25) is 0 Å². The minimum absolute atomic E-state index is 0.244. The third kappa shape index (κ3) is 2.71. The number of hydrogen-bond acceptors (Lipinski definition) is 2. The summed E-state index contributed by atoms with van der Waals surface area (Å²) in [7, 11) is 0. The SMILES string of the molecule is Cc1cc(Cl)ccc1C1OCCC1CNC1CC1. The zero-order valence-corrected chi connectivity index (χ0v) is 11.5. The van der Waals surface area contributed by atoms with Crippen LogP contribution in [0.15, 0.2) is 18.2 Å². The summed E-state index contributed by atoms with van der Waals surface area (Å²) in [4.78, 5) is 0. The van der Waals surface area contributed by atoms with E-state index in [0.29, 0.717) is 5.92 Å². The molecule has 1 saturated heterocycles. The molecule has 1 aliphatic heterocycles. The van der Waals surface area contributed by atoms with Gasteiger partial charge in [-0.15, -0.1) is 0 Å². The fraction of sp³-hybridized carbons (Fsp3) is 0.600. The molecule has 1 heterocycles. The molecule has 1 aromatic carbocycles. The number of benzene rings is 1. The highest BCUT2D eigenvalue weighted by Crippen LogP contribution is 2.36. The van der Waals surface area contributed by atoms with Crippen LogP contribution in [0.5, 0.6) is 0 Å². The topological polar surface area (TPSA) is 21.3 Å². The largest absolute Gasteiger partial charge is 0.373 e. The second kappa shape index (κ2) is 5.20. The van der Waals surface area contributed by atoms with Crippen LogP contribution in [0.25, 0.3) is 0 Å². The molecule has 1 aliphatic carbocycles. The first kappa shape index (κ1) is 12.5. The highest BCUT2D eigenvalue weighted by Gasteiger charge is 2.32. The molecule has 0 bridgehead atoms. The predicted octanol–water partition coefficient (Wildman–Crippen LogP) is 3.48. The summed E-state index contributed by atoms with van der Waals surface area (Å²) in [5.74, 6) is 0.602. The van der Waals surface area contributed by atoms with Gasteiger partial charge >= 0.3 is 0 Å². The quantitative estimate of drug-likeness (QED) is 0.900. The molecule has 2 fully saturated rings. The lowest BCUT2D eigenvalue weighted by atomic mass is 9.92. The predicted molar refractivity (Wildman–Crippen MR) is 74.0 cm³/mol. The first-order valence-corrected chi connectivity index (χ1v) is 7.23. The van der Waals surface area contributed by atoms with Crippen molar-refractivity contribution in [3.8, 4) is 0 Å². The maximum atomic E-state index is 6.02. The van der Waals surface area contributed by atoms with Crippen LogP contribution in [0, 0.1) is 12.8 Å². The van der Waals surface area contributed by atoms with Crippen LogP contribution in [0.1, 0.15) is 36.5 Å². The van der Waals surface area contributed by atoms with Gasteiger partial charge in [-0.25, -0.2) is 0 Å². The molecule has 0 radical (unpaired) electrons. The van der Waals surface area contributed by atoms with Crippen LogP contribution in [-0.4, -0.2) is 19.2 Å². The van der Waals surface area contributed by atoms with Gasteiger partial charge < -0.3 is 10.1 Å². The molecule has 98 valence electrons. The molecule has 1 aromatic rings. The van der Waals surface area contributed by atoms with Crippen LogP contribution < -0.4 is 5.32 Å². The average Bonchev–Trinajstić information content (AvgIpc) is 3.06. The molecule has 1 saturated carbocycles. The van der Waals surface area contributed by atoms with E-state index in [0.717, 1.165) is 30.6 Å². The Labute approximate surface area is 114 Å². The van der Waals surface area contributed by atoms with E-state index in [2.05, 4.69) is 18.3 Å². The molecule has 2 unspecified atom stereocenters. The fourth-order valence-corrected chi connectivity index (χ4v) is 2.98. The van der Waals surface area contributed by atoms with Crippen molar-refractivity contribution in [1.82, 2.24) is 5.32 Å². The molecule has 3 rings (SSSR count). The van der Waals surface area contributed by atoms with Crippen molar-refractivity contribution in [1.29, 1.82) is 0 Å². The number of nitrogens with one attached hydrogen (secondary N) is 1. The summed E-state index contributed by atoms with van der Waals surface area (Å²) in [6.45, 7) is 4.08. The van der Waals surface area contributed by atoms with Crippen LogP contribution in [0.2, 0.25) is 5.02 Å². The summed E-state index contributed by atoms with van der Waals surface area (Å²) in [6.07, 6.45) is 4.09. The van der Waals surface area contributed by atoms with Crippen molar-refractivity contribution in [2.45, 2.75) is 38.3 Å². The number of rotatable bonds is 4. The first-order chi connectivity index (χ1) is 8.74. The summed E-state index contributed by atoms with van der Waals surface area (Å²) in [6, 6.07) is 6.90. The van der Waals surface area contributed by atoms with Gasteiger partial charge in [-0.3, -0.25) is 0 Å². The Morgan fingerprint density at radius 3 is 2.89 bits per heavy atom. The zero-order chi connectivity index (χ0) is 12.5. The molecule has 0 amide bonds. The van der Waals surface area contributed by atoms with Gasteiger partial charge in [-0.1, -0.05) is 17.7 Å². The Hall–Kier alpha value is -0.570. The number of hydrogen-bond donors (Lipinski definition) is 1. The molecule has 2 atom stereocenters. The van der Waals surface area contributed by atoms with Crippen molar-refractivity contribution >= 4 is 11.6 Å². The fourth-order valence-electron chi connectivity index (χ4n) is 2.75. The highest BCUT2D eigenvalue weighted by atomic mass is 35.5. The van der Waals surface area contributed by atoms with Gasteiger partial charge in [0.1, 0.15) is 0 Å². The lowest BCUT2D eigenvalue weighted by molar-refractivity contribution is 0.0899. The summed E-state index contributed by atoms with van der Waals surface area (Å²) >= 11 is 6.02. The van der Waals surface area contributed by atoms with E-state index in [4.69, 9.17) is 16.3 Å². The summed E-state index contributed by atoms with van der Waals surface area (Å²) < 4.78 is 5.94. The van der Waals surface area contributed by atoms with Crippen molar-refractivity contribution in [2.24, 2.45) is 5.92 Å². The van der Waals surface area contributed by atoms with Gasteiger partial charge in [0.05, 0.1) is 6.10 Å². The maximum absolute atomic E-state index is 6.02. The van der Waals surface area contributed by atoms with E-state index in [1.165, 1.54) is 24.0 Å². The van der Waals surface area contributed by atoms with Crippen molar-refractivity contribution in [3.63, 3.8) is 0 Å². The van der Waals surface area contributed by atoms with Crippen LogP contribution >= 0.6 is 11.6 Å². The minimum atomic E-state index is 0.244. The molecule has 18 heavy (non-hydrogen) atoms. The lowest BCUT2D eigenvalue weighted by Gasteiger charge is -2.21. The Morgan fingerprint density at radius 1 is 1.33 bits per heavy atom. The minimum Gasteiger partial charge on any atom is -0.373 e. The first-order valence-electron chi connectivity index (χ1n) is 6.85. The van der Waals surface area contributed by atoms with Gasteiger partial charge in [-0.05, 0) is 49.4 Å². The molecule has 1 N–H and O–H groups in total. The van der Waals surface area contributed by atoms with Gasteiger partial charge in [-0.2, -0.15) is 0 Å². The maximum Gasteiger partial charge on any atom is 0.0868 e. The Morgan fingerprint density at radius 2 is 2.17 bits per heavy atom. The molecular formula is C15H20ClNO. The Kier molecular flexibility index (Phi) is 3.60. The number of ether oxygens (including phenoxy) is 1. The number of halogens is 1. The molecule has 2 aliphatic rings. The van der Waals surface area contributed by atoms with E-state index in [-0.39, 0.29) is 6.10 Å². The third-order valence-electron chi connectivity index (χ3n) is 4.00. The van der Waals surface area contributed by atoms with Crippen molar-refractivity contribution < 1.29 is 4.74 Å². The molecule has 3 heteroatoms. The smallest absolute Gasteiger partial charge is 0.0868 e. The molecule has 2 nitrogen and oxygen atoms in total. The normalized spacial score (nSPS) is 27.7. The number of aryl methyl sites for hydroxylation is 1. The molecule has 0 aromatic heterocycles.